The van der Waals surface area contributed by atoms with E-state index in [0.29, 0.717) is 13.1 Å². The van der Waals surface area contributed by atoms with Crippen molar-refractivity contribution in [2.45, 2.75) is 0 Å². The third-order valence-corrected chi connectivity index (χ3v) is 3.68. The van der Waals surface area contributed by atoms with Crippen molar-refractivity contribution in [3.8, 4) is 0 Å². The average Bonchev–Trinajstić information content (AvgIpc) is 2.09. The Morgan fingerprint density at radius 2 is 1.57 bits per heavy atom. The number of nitrogens with two attached hydrogens (primary N) is 3. The molecule has 0 aliphatic heterocycles. The van der Waals surface area contributed by atoms with Gasteiger partial charge >= 0.3 is 0 Å². The monoisotopic (exact) mass is 236 g/mol. The predicted molar refractivity (Wildman–Crippen MR) is 64.5 cm³/mol. The van der Waals surface area contributed by atoms with Crippen LogP contribution in [-0.2, 0) is 0 Å². The molecule has 8 heteroatoms. The van der Waals surface area contributed by atoms with Gasteiger partial charge in [0, 0.05) is 24.6 Å². The molecule has 0 heterocycles. The van der Waals surface area contributed by atoms with Crippen molar-refractivity contribution in [2.75, 3.05) is 24.6 Å². The van der Waals surface area contributed by atoms with Gasteiger partial charge in [-0.05, 0) is 0 Å². The van der Waals surface area contributed by atoms with Gasteiger partial charge in [0.15, 0.2) is 11.9 Å². The normalized spacial score (nSPS) is 9.79. The molecule has 14 heavy (non-hydrogen) atoms. The summed E-state index contributed by atoms with van der Waals surface area (Å²) < 4.78 is 0. The van der Waals surface area contributed by atoms with Gasteiger partial charge in [0.1, 0.15) is 0 Å². The Morgan fingerprint density at radius 1 is 1.07 bits per heavy atom. The Hall–Kier alpha value is -0.600. The molecule has 8 N–H and O–H groups in total. The number of hydrogen-bond donors (Lipinski definition) is 5. The Kier molecular flexibility index (Phi) is 7.44. The minimum Gasteiger partial charge on any atom is -0.370 e. The summed E-state index contributed by atoms with van der Waals surface area (Å²) in [5, 5.41) is 14.3. The van der Waals surface area contributed by atoms with Gasteiger partial charge in [-0.15, -0.1) is 0 Å². The van der Waals surface area contributed by atoms with Gasteiger partial charge in [-0.1, -0.05) is 21.6 Å². The van der Waals surface area contributed by atoms with E-state index in [2.05, 4.69) is 0 Å². The Bertz CT molecular complexity index is 183. The first-order valence-corrected chi connectivity index (χ1v) is 6.48. The Morgan fingerprint density at radius 3 is 2.00 bits per heavy atom. The summed E-state index contributed by atoms with van der Waals surface area (Å²) in [5.41, 5.74) is 15.8. The lowest BCUT2D eigenvalue weighted by Crippen LogP contribution is -2.45. The molecule has 0 aliphatic rings. The fourth-order valence-corrected chi connectivity index (χ4v) is 2.47. The fraction of sp³-hybridized carbons (Fsp3) is 0.667. The van der Waals surface area contributed by atoms with Gasteiger partial charge in [0.2, 0.25) is 0 Å². The first kappa shape index (κ1) is 13.4. The number of rotatable bonds is 6. The van der Waals surface area contributed by atoms with Crippen molar-refractivity contribution in [2.24, 2.45) is 17.2 Å². The van der Waals surface area contributed by atoms with E-state index in [1.807, 2.05) is 0 Å². The molecule has 6 nitrogen and oxygen atoms in total. The highest BCUT2D eigenvalue weighted by molar-refractivity contribution is 8.76. The molecule has 0 aromatic heterocycles. The maximum absolute atomic E-state index is 7.15. The van der Waals surface area contributed by atoms with E-state index in [1.165, 1.54) is 4.90 Å². The van der Waals surface area contributed by atoms with Gasteiger partial charge in [0.05, 0.1) is 0 Å². The van der Waals surface area contributed by atoms with Crippen molar-refractivity contribution >= 4 is 33.5 Å². The zero-order valence-electron chi connectivity index (χ0n) is 7.82. The average molecular weight is 236 g/mol. The zero-order chi connectivity index (χ0) is 11.0. The minimum absolute atomic E-state index is 0.193. The summed E-state index contributed by atoms with van der Waals surface area (Å²) >= 11 is 0. The van der Waals surface area contributed by atoms with Crippen LogP contribution in [0.5, 0.6) is 0 Å². The number of nitrogens with zero attached hydrogens (tertiary/aromatic N) is 1. The zero-order valence-corrected chi connectivity index (χ0v) is 9.46. The molecule has 82 valence electrons. The topological polar surface area (TPSA) is 129 Å². The van der Waals surface area contributed by atoms with Crippen molar-refractivity contribution in [3.63, 3.8) is 0 Å². The van der Waals surface area contributed by atoms with E-state index < -0.39 is 0 Å². The van der Waals surface area contributed by atoms with Crippen molar-refractivity contribution in [3.05, 3.63) is 0 Å². The third kappa shape index (κ3) is 5.95. The van der Waals surface area contributed by atoms with Crippen LogP contribution in [0.4, 0.5) is 0 Å². The first-order chi connectivity index (χ1) is 6.59. The second kappa shape index (κ2) is 7.77. The van der Waals surface area contributed by atoms with Crippen LogP contribution in [0.25, 0.3) is 0 Å². The first-order valence-electron chi connectivity index (χ1n) is 3.99. The number of guanidine groups is 2. The quantitative estimate of drug-likeness (QED) is 0.181. The van der Waals surface area contributed by atoms with E-state index in [9.17, 15) is 0 Å². The van der Waals surface area contributed by atoms with Crippen LogP contribution in [0.1, 0.15) is 0 Å². The lowest BCUT2D eigenvalue weighted by molar-refractivity contribution is 0.625. The molecule has 0 fully saturated rings. The van der Waals surface area contributed by atoms with Crippen molar-refractivity contribution < 1.29 is 0 Å². The third-order valence-electron chi connectivity index (χ3n) is 1.26. The highest BCUT2D eigenvalue weighted by atomic mass is 33.1. The van der Waals surface area contributed by atoms with Crippen LogP contribution in [0.3, 0.4) is 0 Å². The molecule has 0 bridgehead atoms. The van der Waals surface area contributed by atoms with Gasteiger partial charge in [-0.2, -0.15) is 0 Å². The smallest absolute Gasteiger partial charge is 0.195 e. The molecule has 0 aromatic carbocycles. The molecular formula is C6H16N6S2. The standard InChI is InChI=1S/C6H16N6S2/c7-1-3-13-14-4-2-12(5(8)9)6(10)11/h1-4,7H2,(H3,8,9)(H3,10,11). The summed E-state index contributed by atoms with van der Waals surface area (Å²) in [5.74, 6) is 1.26. The highest BCUT2D eigenvalue weighted by Gasteiger charge is 2.08. The van der Waals surface area contributed by atoms with E-state index in [-0.39, 0.29) is 11.9 Å². The van der Waals surface area contributed by atoms with Crippen molar-refractivity contribution in [1.82, 2.24) is 4.90 Å². The second-order valence-electron chi connectivity index (χ2n) is 2.35. The molecule has 0 saturated heterocycles. The molecule has 0 aromatic rings. The molecule has 0 amide bonds. The summed E-state index contributed by atoms with van der Waals surface area (Å²) in [6.07, 6.45) is 0. The lowest BCUT2D eigenvalue weighted by Gasteiger charge is -2.19. The van der Waals surface area contributed by atoms with Gasteiger partial charge in [-0.25, -0.2) is 0 Å². The van der Waals surface area contributed by atoms with E-state index in [1.54, 1.807) is 21.6 Å². The molecule has 0 aliphatic carbocycles. The summed E-state index contributed by atoms with van der Waals surface area (Å²) in [6.45, 7) is 1.13. The molecule has 0 radical (unpaired) electrons. The Balaban J connectivity index is 3.62. The molecule has 0 rings (SSSR count). The number of hydrogen-bond acceptors (Lipinski definition) is 5. The van der Waals surface area contributed by atoms with Crippen LogP contribution in [0, 0.1) is 10.8 Å². The lowest BCUT2D eigenvalue weighted by atomic mass is 10.6. The molecule has 0 unspecified atom stereocenters. The molecular weight excluding hydrogens is 220 g/mol. The maximum Gasteiger partial charge on any atom is 0.195 e. The summed E-state index contributed by atoms with van der Waals surface area (Å²) in [6, 6.07) is 0. The molecule has 0 saturated carbocycles. The largest absolute Gasteiger partial charge is 0.370 e. The van der Waals surface area contributed by atoms with Crippen molar-refractivity contribution in [1.29, 1.82) is 10.8 Å². The second-order valence-corrected chi connectivity index (χ2v) is 5.06. The van der Waals surface area contributed by atoms with Crippen LogP contribution < -0.4 is 17.2 Å². The molecule has 0 atom stereocenters. The van der Waals surface area contributed by atoms with Crippen LogP contribution in [0.2, 0.25) is 0 Å². The SMILES string of the molecule is N=C(N)N(CCSSCCN)C(=N)N. The summed E-state index contributed by atoms with van der Waals surface area (Å²) in [7, 11) is 3.29. The highest BCUT2D eigenvalue weighted by Crippen LogP contribution is 2.19. The van der Waals surface area contributed by atoms with E-state index in [0.717, 1.165) is 11.5 Å². The van der Waals surface area contributed by atoms with Crippen LogP contribution >= 0.6 is 21.6 Å². The maximum atomic E-state index is 7.15. The minimum atomic E-state index is -0.193. The Labute approximate surface area is 91.4 Å². The predicted octanol–water partition coefficient (Wildman–Crippen LogP) is -0.585. The number of nitrogens with one attached hydrogen (secondary N) is 2. The van der Waals surface area contributed by atoms with Gasteiger partial charge < -0.3 is 17.2 Å². The van der Waals surface area contributed by atoms with Gasteiger partial charge in [0.25, 0.3) is 0 Å². The van der Waals surface area contributed by atoms with E-state index >= 15 is 0 Å². The van der Waals surface area contributed by atoms with Crippen LogP contribution in [0.15, 0.2) is 0 Å². The van der Waals surface area contributed by atoms with Crippen LogP contribution in [-0.4, -0.2) is 41.4 Å². The fourth-order valence-electron chi connectivity index (χ4n) is 0.665. The van der Waals surface area contributed by atoms with E-state index in [4.69, 9.17) is 28.0 Å². The summed E-state index contributed by atoms with van der Waals surface area (Å²) in [4.78, 5) is 1.25. The van der Waals surface area contributed by atoms with Gasteiger partial charge in [-0.3, -0.25) is 15.7 Å². The molecule has 0 spiro atoms.